The van der Waals surface area contributed by atoms with Crippen molar-refractivity contribution in [3.05, 3.63) is 122 Å². The Morgan fingerprint density at radius 1 is 0.300 bits per heavy atom. The molecule has 0 bridgehead atoms. The zero-order chi connectivity index (χ0) is 50.7. The van der Waals surface area contributed by atoms with Crippen LogP contribution in [0, 0.1) is 0 Å². The average Bonchev–Trinajstić information content (AvgIpc) is 3.36. The molecule has 0 radical (unpaired) electrons. The zero-order valence-corrected chi connectivity index (χ0v) is 45.2. The van der Waals surface area contributed by atoms with Gasteiger partial charge >= 0.3 is 17.9 Å². The van der Waals surface area contributed by atoms with Crippen molar-refractivity contribution in [3.63, 3.8) is 0 Å². The van der Waals surface area contributed by atoms with E-state index in [2.05, 4.69) is 142 Å². The summed E-state index contributed by atoms with van der Waals surface area (Å²) in [6.07, 6.45) is 79.3. The first-order valence-corrected chi connectivity index (χ1v) is 28.5. The van der Waals surface area contributed by atoms with Crippen molar-refractivity contribution in [2.24, 2.45) is 0 Å². The van der Waals surface area contributed by atoms with E-state index < -0.39 is 6.10 Å². The Balaban J connectivity index is 4.32. The Morgan fingerprint density at radius 2 is 0.571 bits per heavy atom. The highest BCUT2D eigenvalue weighted by Gasteiger charge is 2.19. The van der Waals surface area contributed by atoms with Gasteiger partial charge in [0.05, 0.1) is 0 Å². The summed E-state index contributed by atoms with van der Waals surface area (Å²) in [4.78, 5) is 37.9. The molecule has 0 N–H and O–H groups in total. The zero-order valence-electron chi connectivity index (χ0n) is 45.2. The highest BCUT2D eigenvalue weighted by molar-refractivity contribution is 5.71. The Bertz CT molecular complexity index is 1490. The minimum Gasteiger partial charge on any atom is -0.462 e. The lowest BCUT2D eigenvalue weighted by atomic mass is 10.1. The summed E-state index contributed by atoms with van der Waals surface area (Å²) in [6.45, 7) is 6.41. The number of esters is 3. The number of carbonyl (C=O) groups excluding carboxylic acids is 3. The third-order valence-electron chi connectivity index (χ3n) is 11.7. The maximum absolute atomic E-state index is 12.8. The van der Waals surface area contributed by atoms with E-state index in [9.17, 15) is 14.4 Å². The number of rotatable bonds is 50. The average molecular weight is 970 g/mol. The Labute approximate surface area is 431 Å². The molecule has 396 valence electrons. The number of hydrogen-bond donors (Lipinski definition) is 0. The molecule has 0 aromatic rings. The summed E-state index contributed by atoms with van der Waals surface area (Å²) in [7, 11) is 0. The Hall–Kier alpha value is -4.19. The van der Waals surface area contributed by atoms with E-state index in [1.165, 1.54) is 83.5 Å². The lowest BCUT2D eigenvalue weighted by Gasteiger charge is -2.18. The molecule has 1 atom stereocenters. The molecule has 6 nitrogen and oxygen atoms in total. The SMILES string of the molecule is CC/C=C\C/C=C\C/C=C\C/C=C\C/C=C\C/C=C\C/C=C\C/C=C\C/C=C\CCCC(=O)OCC(COC(=O)CCCCCCCCC)OC(=O)CCCCCCC/C=C\CCCCCCCCC. The number of allylic oxidation sites excluding steroid dienone is 20. The van der Waals surface area contributed by atoms with Crippen molar-refractivity contribution in [1.29, 1.82) is 0 Å². The second-order valence-corrected chi connectivity index (χ2v) is 18.5. The quantitative estimate of drug-likeness (QED) is 0.0262. The van der Waals surface area contributed by atoms with Crippen LogP contribution in [0.5, 0.6) is 0 Å². The number of unbranched alkanes of at least 4 members (excludes halogenated alkanes) is 19. The van der Waals surface area contributed by atoms with Crippen LogP contribution in [0.3, 0.4) is 0 Å². The van der Waals surface area contributed by atoms with Gasteiger partial charge in [0.15, 0.2) is 6.10 Å². The summed E-state index contributed by atoms with van der Waals surface area (Å²) in [5, 5.41) is 0. The fourth-order valence-electron chi connectivity index (χ4n) is 7.44. The molecule has 6 heteroatoms. The first-order valence-electron chi connectivity index (χ1n) is 28.5. The lowest BCUT2D eigenvalue weighted by molar-refractivity contribution is -0.167. The highest BCUT2D eigenvalue weighted by Crippen LogP contribution is 2.13. The molecule has 0 amide bonds. The molecule has 70 heavy (non-hydrogen) atoms. The molecule has 0 aliphatic rings. The van der Waals surface area contributed by atoms with Gasteiger partial charge in [-0.25, -0.2) is 0 Å². The van der Waals surface area contributed by atoms with Gasteiger partial charge in [-0.2, -0.15) is 0 Å². The fourth-order valence-corrected chi connectivity index (χ4v) is 7.44. The first-order chi connectivity index (χ1) is 34.5. The van der Waals surface area contributed by atoms with Crippen molar-refractivity contribution in [2.45, 2.75) is 252 Å². The molecule has 0 aliphatic carbocycles. The first kappa shape index (κ1) is 65.8. The minimum absolute atomic E-state index is 0.101. The van der Waals surface area contributed by atoms with Crippen LogP contribution in [-0.2, 0) is 28.6 Å². The van der Waals surface area contributed by atoms with Crippen molar-refractivity contribution in [2.75, 3.05) is 13.2 Å². The van der Waals surface area contributed by atoms with Gasteiger partial charge in [0, 0.05) is 19.3 Å². The van der Waals surface area contributed by atoms with E-state index in [-0.39, 0.29) is 37.5 Å². The molecule has 0 saturated heterocycles. The molecule has 0 spiro atoms. The summed E-state index contributed by atoms with van der Waals surface area (Å²) in [5.41, 5.74) is 0. The van der Waals surface area contributed by atoms with Crippen molar-refractivity contribution < 1.29 is 28.6 Å². The molecule has 0 aromatic carbocycles. The molecular weight excluding hydrogens is 865 g/mol. The molecule has 0 fully saturated rings. The molecule has 0 heterocycles. The number of hydrogen-bond acceptors (Lipinski definition) is 6. The molecule has 0 aliphatic heterocycles. The topological polar surface area (TPSA) is 78.9 Å². The maximum Gasteiger partial charge on any atom is 0.306 e. The van der Waals surface area contributed by atoms with Crippen molar-refractivity contribution in [3.8, 4) is 0 Å². The second kappa shape index (κ2) is 57.4. The van der Waals surface area contributed by atoms with Crippen molar-refractivity contribution in [1.82, 2.24) is 0 Å². The summed E-state index contributed by atoms with van der Waals surface area (Å²) >= 11 is 0. The Kier molecular flexibility index (Phi) is 54.0. The van der Waals surface area contributed by atoms with E-state index in [4.69, 9.17) is 14.2 Å². The van der Waals surface area contributed by atoms with Gasteiger partial charge in [0.1, 0.15) is 13.2 Å². The van der Waals surface area contributed by atoms with Gasteiger partial charge in [-0.05, 0) is 109 Å². The summed E-state index contributed by atoms with van der Waals surface area (Å²) in [6, 6.07) is 0. The third kappa shape index (κ3) is 54.7. The van der Waals surface area contributed by atoms with Gasteiger partial charge < -0.3 is 14.2 Å². The van der Waals surface area contributed by atoms with Crippen LogP contribution >= 0.6 is 0 Å². The number of ether oxygens (including phenoxy) is 3. The van der Waals surface area contributed by atoms with E-state index in [0.717, 1.165) is 116 Å². The predicted molar refractivity (Wildman–Crippen MR) is 302 cm³/mol. The molecular formula is C64H104O6. The van der Waals surface area contributed by atoms with Crippen molar-refractivity contribution >= 4 is 17.9 Å². The maximum atomic E-state index is 12.8. The second-order valence-electron chi connectivity index (χ2n) is 18.5. The molecule has 0 saturated carbocycles. The van der Waals surface area contributed by atoms with Gasteiger partial charge in [0.2, 0.25) is 0 Å². The van der Waals surface area contributed by atoms with Crippen LogP contribution in [0.15, 0.2) is 122 Å². The summed E-state index contributed by atoms with van der Waals surface area (Å²) in [5.74, 6) is -0.982. The van der Waals surface area contributed by atoms with E-state index >= 15 is 0 Å². The van der Waals surface area contributed by atoms with Crippen LogP contribution in [-0.4, -0.2) is 37.2 Å². The van der Waals surface area contributed by atoms with Crippen LogP contribution in [0.1, 0.15) is 245 Å². The van der Waals surface area contributed by atoms with E-state index in [1.54, 1.807) is 0 Å². The standard InChI is InChI=1S/C64H104O6/c1-4-7-10-13-16-18-20-22-24-26-27-28-29-30-31-32-33-34-35-36-37-38-40-41-43-45-48-51-54-57-63(66)69-60-61(59-68-62(65)56-53-50-47-15-12-9-6-3)70-64(67)58-55-52-49-46-44-42-39-25-23-21-19-17-14-11-8-5-2/h7,10,16,18,22,24-25,27-28,30-31,33-34,36-37,39-41,45,48,61H,4-6,8-9,11-15,17,19-21,23,26,29,32,35,38,42-44,46-47,49-60H2,1-3H3/b10-7-,18-16-,24-22-,28-27-,31-30-,34-33-,37-36-,39-25-,41-40-,48-45-. The normalized spacial score (nSPS) is 13.0. The largest absolute Gasteiger partial charge is 0.462 e. The van der Waals surface area contributed by atoms with Crippen LogP contribution in [0.25, 0.3) is 0 Å². The molecule has 0 aromatic heterocycles. The van der Waals surface area contributed by atoms with Gasteiger partial charge in [-0.15, -0.1) is 0 Å². The summed E-state index contributed by atoms with van der Waals surface area (Å²) < 4.78 is 16.7. The fraction of sp³-hybridized carbons (Fsp3) is 0.641. The highest BCUT2D eigenvalue weighted by atomic mass is 16.6. The van der Waals surface area contributed by atoms with Crippen LogP contribution in [0.2, 0.25) is 0 Å². The van der Waals surface area contributed by atoms with Crippen LogP contribution < -0.4 is 0 Å². The van der Waals surface area contributed by atoms with Gasteiger partial charge in [0.25, 0.3) is 0 Å². The van der Waals surface area contributed by atoms with Gasteiger partial charge in [-0.1, -0.05) is 239 Å². The Morgan fingerprint density at radius 3 is 0.943 bits per heavy atom. The minimum atomic E-state index is -0.805. The van der Waals surface area contributed by atoms with Crippen LogP contribution in [0.4, 0.5) is 0 Å². The van der Waals surface area contributed by atoms with Gasteiger partial charge in [-0.3, -0.25) is 14.4 Å². The molecule has 1 unspecified atom stereocenters. The third-order valence-corrected chi connectivity index (χ3v) is 11.7. The lowest BCUT2D eigenvalue weighted by Crippen LogP contribution is -2.30. The smallest absolute Gasteiger partial charge is 0.306 e. The van der Waals surface area contributed by atoms with E-state index in [0.29, 0.717) is 19.3 Å². The molecule has 0 rings (SSSR count). The monoisotopic (exact) mass is 969 g/mol. The van der Waals surface area contributed by atoms with E-state index in [1.807, 2.05) is 0 Å². The predicted octanol–water partition coefficient (Wildman–Crippen LogP) is 19.3. The number of carbonyl (C=O) groups is 3.